The first-order chi connectivity index (χ1) is 30.2. The van der Waals surface area contributed by atoms with Gasteiger partial charge < -0.3 is 5.11 Å². The van der Waals surface area contributed by atoms with E-state index in [2.05, 4.69) is 212 Å². The van der Waals surface area contributed by atoms with Crippen molar-refractivity contribution in [2.45, 2.75) is 71.6 Å². The van der Waals surface area contributed by atoms with Gasteiger partial charge in [-0.3, -0.25) is 9.55 Å². The van der Waals surface area contributed by atoms with Gasteiger partial charge in [-0.1, -0.05) is 171 Å². The van der Waals surface area contributed by atoms with Crippen molar-refractivity contribution in [1.82, 2.24) is 14.5 Å². The summed E-state index contributed by atoms with van der Waals surface area (Å²) in [4.78, 5) is 10.6. The van der Waals surface area contributed by atoms with Crippen LogP contribution in [0.5, 0.6) is 5.75 Å². The minimum atomic E-state index is -0.254. The molecule has 310 valence electrons. The van der Waals surface area contributed by atoms with Gasteiger partial charge in [-0.2, -0.15) is 0 Å². The summed E-state index contributed by atoms with van der Waals surface area (Å²) in [7, 11) is 0. The first-order valence-corrected chi connectivity index (χ1v) is 22.0. The molecule has 2 aromatic heterocycles. The fourth-order valence-corrected chi connectivity index (χ4v) is 9.50. The number of aromatic nitrogens is 3. The summed E-state index contributed by atoms with van der Waals surface area (Å²) in [6.45, 7) is 18.0. The third kappa shape index (κ3) is 6.95. The molecule has 0 spiro atoms. The van der Waals surface area contributed by atoms with Crippen LogP contribution < -0.4 is 0 Å². The molecule has 2 heterocycles. The lowest BCUT2D eigenvalue weighted by Crippen LogP contribution is -2.14. The number of hydrogen-bond acceptors (Lipinski definition) is 3. The van der Waals surface area contributed by atoms with Gasteiger partial charge in [-0.25, -0.2) is 4.98 Å². The number of pyridine rings is 1. The Balaban J connectivity index is 1.20. The number of imidazole rings is 1. The highest BCUT2D eigenvalue weighted by Crippen LogP contribution is 2.52. The second-order valence-electron chi connectivity index (χ2n) is 19.7. The molecule has 1 N–H and O–H groups in total. The van der Waals surface area contributed by atoms with Crippen molar-refractivity contribution in [3.05, 3.63) is 192 Å². The Labute approximate surface area is 371 Å². The van der Waals surface area contributed by atoms with E-state index in [0.29, 0.717) is 11.4 Å². The summed E-state index contributed by atoms with van der Waals surface area (Å²) in [5.74, 6) is 0.892. The van der Waals surface area contributed by atoms with Crippen molar-refractivity contribution in [2.75, 3.05) is 0 Å². The number of aromatic hydroxyl groups is 1. The molecular weight excluding hydrogens is 767 g/mol. The van der Waals surface area contributed by atoms with E-state index in [1.165, 1.54) is 27.8 Å². The fourth-order valence-electron chi connectivity index (χ4n) is 9.50. The van der Waals surface area contributed by atoms with E-state index in [4.69, 9.17) is 9.97 Å². The topological polar surface area (TPSA) is 50.9 Å². The molecule has 1 aliphatic rings. The van der Waals surface area contributed by atoms with Crippen molar-refractivity contribution < 1.29 is 5.11 Å². The van der Waals surface area contributed by atoms with E-state index in [9.17, 15) is 5.11 Å². The largest absolute Gasteiger partial charge is 0.507 e. The predicted octanol–water partition coefficient (Wildman–Crippen LogP) is 15.4. The highest BCUT2D eigenvalue weighted by atomic mass is 16.3. The smallest absolute Gasteiger partial charge is 0.149 e. The van der Waals surface area contributed by atoms with Crippen LogP contribution in [0.4, 0.5) is 0 Å². The van der Waals surface area contributed by atoms with Gasteiger partial charge in [-0.05, 0) is 115 Å². The Morgan fingerprint density at radius 1 is 0.476 bits per heavy atom. The minimum Gasteiger partial charge on any atom is -0.507 e. The number of benzene rings is 7. The first-order valence-electron chi connectivity index (χ1n) is 22.0. The number of rotatable bonds is 6. The molecule has 7 aromatic carbocycles. The molecule has 0 atom stereocenters. The maximum Gasteiger partial charge on any atom is 0.149 e. The third-order valence-corrected chi connectivity index (χ3v) is 13.1. The second kappa shape index (κ2) is 14.8. The van der Waals surface area contributed by atoms with Crippen LogP contribution in [0.3, 0.4) is 0 Å². The van der Waals surface area contributed by atoms with Gasteiger partial charge in [0.05, 0.1) is 28.0 Å². The molecule has 0 radical (unpaired) electrons. The number of phenolic OH excluding ortho intramolecular Hbond substituents is 1. The first kappa shape index (κ1) is 40.1. The average Bonchev–Trinajstić information content (AvgIpc) is 3.77. The summed E-state index contributed by atoms with van der Waals surface area (Å²) in [5.41, 5.74) is 18.9. The van der Waals surface area contributed by atoms with E-state index >= 15 is 0 Å². The molecular formula is C59H53N3O. The highest BCUT2D eigenvalue weighted by molar-refractivity contribution is 5.98. The summed E-state index contributed by atoms with van der Waals surface area (Å²) in [6, 6.07) is 58.3. The molecule has 4 heteroatoms. The Kier molecular flexibility index (Phi) is 9.41. The average molecular weight is 820 g/mol. The molecule has 0 saturated heterocycles. The standard InChI is InChI=1S/C59H53N3O/c1-57(2,3)42-27-25-37(26-28-42)39-29-30-60-51(34-39)41-31-40(32-43(33-41)58(4,5)6)45-21-16-24-53-55(45)61-56(62(53)52-23-15-13-19-44(52)38-17-10-9-11-18-38)48-35-47-46-20-12-14-22-49(46)59(7,8)50(47)36-54(48)63/h9-36,63H,1-8H3. The fraction of sp³-hybridized carbons (Fsp3) is 0.186. The zero-order valence-corrected chi connectivity index (χ0v) is 37.5. The van der Waals surface area contributed by atoms with Crippen LogP contribution in [0.25, 0.3) is 83.9 Å². The van der Waals surface area contributed by atoms with Gasteiger partial charge in [0.15, 0.2) is 0 Å². The van der Waals surface area contributed by atoms with Crippen molar-refractivity contribution >= 4 is 11.0 Å². The zero-order valence-electron chi connectivity index (χ0n) is 37.5. The summed E-state index contributed by atoms with van der Waals surface area (Å²) >= 11 is 0. The van der Waals surface area contributed by atoms with Crippen LogP contribution in [-0.4, -0.2) is 19.6 Å². The van der Waals surface area contributed by atoms with E-state index in [0.717, 1.165) is 66.9 Å². The normalized spacial score (nSPS) is 13.3. The molecule has 4 nitrogen and oxygen atoms in total. The molecule has 63 heavy (non-hydrogen) atoms. The predicted molar refractivity (Wildman–Crippen MR) is 263 cm³/mol. The maximum atomic E-state index is 12.2. The van der Waals surface area contributed by atoms with Crippen LogP contribution in [0.15, 0.2) is 170 Å². The van der Waals surface area contributed by atoms with Crippen LogP contribution in [-0.2, 0) is 16.2 Å². The van der Waals surface area contributed by atoms with Gasteiger partial charge >= 0.3 is 0 Å². The van der Waals surface area contributed by atoms with Gasteiger partial charge in [-0.15, -0.1) is 0 Å². The monoisotopic (exact) mass is 819 g/mol. The van der Waals surface area contributed by atoms with E-state index in [1.807, 2.05) is 18.3 Å². The molecule has 1 aliphatic carbocycles. The van der Waals surface area contributed by atoms with Crippen molar-refractivity contribution in [1.29, 1.82) is 0 Å². The quantitative estimate of drug-likeness (QED) is 0.182. The molecule has 0 aliphatic heterocycles. The lowest BCUT2D eigenvalue weighted by Gasteiger charge is -2.22. The molecule has 0 fully saturated rings. The van der Waals surface area contributed by atoms with Crippen LogP contribution in [0, 0.1) is 0 Å². The Morgan fingerprint density at radius 2 is 1.14 bits per heavy atom. The van der Waals surface area contributed by atoms with Crippen molar-refractivity contribution in [2.24, 2.45) is 0 Å². The van der Waals surface area contributed by atoms with Gasteiger partial charge in [0, 0.05) is 28.3 Å². The summed E-state index contributed by atoms with van der Waals surface area (Å²) in [6.07, 6.45) is 1.92. The van der Waals surface area contributed by atoms with Gasteiger partial charge in [0.2, 0.25) is 0 Å². The highest BCUT2D eigenvalue weighted by Gasteiger charge is 2.37. The Morgan fingerprint density at radius 3 is 1.89 bits per heavy atom. The maximum absolute atomic E-state index is 12.2. The Bertz CT molecular complexity index is 3210. The molecule has 10 rings (SSSR count). The van der Waals surface area contributed by atoms with E-state index < -0.39 is 0 Å². The van der Waals surface area contributed by atoms with Crippen molar-refractivity contribution in [3.63, 3.8) is 0 Å². The zero-order chi connectivity index (χ0) is 43.8. The molecule has 0 unspecified atom stereocenters. The van der Waals surface area contributed by atoms with Gasteiger partial charge in [0.1, 0.15) is 11.6 Å². The number of para-hydroxylation sites is 2. The lowest BCUT2D eigenvalue weighted by molar-refractivity contribution is 0.474. The summed E-state index contributed by atoms with van der Waals surface area (Å²) < 4.78 is 2.25. The summed E-state index contributed by atoms with van der Waals surface area (Å²) in [5, 5.41) is 12.2. The molecule has 0 amide bonds. The molecule has 0 saturated carbocycles. The number of phenols is 1. The number of nitrogens with zero attached hydrogens (tertiary/aromatic N) is 3. The third-order valence-electron chi connectivity index (χ3n) is 13.1. The van der Waals surface area contributed by atoms with E-state index in [1.54, 1.807) is 0 Å². The second-order valence-corrected chi connectivity index (χ2v) is 19.7. The van der Waals surface area contributed by atoms with Crippen LogP contribution in [0.1, 0.15) is 77.6 Å². The SMILES string of the molecule is CC(C)(C)c1ccc(-c2ccnc(-c3cc(-c4cccc5c4nc(-c4cc6c(cc4O)C(C)(C)c4ccccc4-6)n5-c4ccccc4-c4ccccc4)cc(C(C)(C)C)c3)c2)cc1. The number of fused-ring (bicyclic) bond motifs is 4. The van der Waals surface area contributed by atoms with Gasteiger partial charge in [0.25, 0.3) is 0 Å². The van der Waals surface area contributed by atoms with E-state index in [-0.39, 0.29) is 22.0 Å². The lowest BCUT2D eigenvalue weighted by atomic mass is 9.82. The van der Waals surface area contributed by atoms with Crippen molar-refractivity contribution in [3.8, 4) is 78.6 Å². The molecule has 0 bridgehead atoms. The Hall–Kier alpha value is -7.04. The van der Waals surface area contributed by atoms with Crippen LogP contribution >= 0.6 is 0 Å². The minimum absolute atomic E-state index is 0.0847. The molecule has 9 aromatic rings. The van der Waals surface area contributed by atoms with Crippen LogP contribution in [0.2, 0.25) is 0 Å². The number of hydrogen-bond donors (Lipinski definition) is 1.